The van der Waals surface area contributed by atoms with E-state index < -0.39 is 24.2 Å². The fourth-order valence-corrected chi connectivity index (χ4v) is 4.66. The summed E-state index contributed by atoms with van der Waals surface area (Å²) in [7, 11) is -4.05. The van der Waals surface area contributed by atoms with Crippen LogP contribution in [0.4, 0.5) is 10.5 Å². The van der Waals surface area contributed by atoms with Gasteiger partial charge < -0.3 is 14.9 Å². The maximum Gasteiger partial charge on any atom is 0.408 e. The molecule has 0 spiro atoms. The van der Waals surface area contributed by atoms with Crippen molar-refractivity contribution in [2.45, 2.75) is 18.8 Å². The first-order valence-corrected chi connectivity index (χ1v) is 11.2. The van der Waals surface area contributed by atoms with Crippen LogP contribution in [0.25, 0.3) is 0 Å². The van der Waals surface area contributed by atoms with Crippen molar-refractivity contribution < 1.29 is 23.9 Å². The predicted molar refractivity (Wildman–Crippen MR) is 116 cm³/mol. The second kappa shape index (κ2) is 10.0. The zero-order valence-electron chi connectivity index (χ0n) is 16.5. The van der Waals surface area contributed by atoms with E-state index in [1.54, 1.807) is 30.3 Å². The van der Waals surface area contributed by atoms with E-state index in [1.165, 1.54) is 36.4 Å². The minimum Gasteiger partial charge on any atom is -0.445 e. The van der Waals surface area contributed by atoms with Crippen LogP contribution in [0.2, 0.25) is 0 Å². The molecule has 0 saturated heterocycles. The van der Waals surface area contributed by atoms with Crippen LogP contribution in [0, 0.1) is 10.1 Å². The fraction of sp³-hybridized carbons (Fsp3) is 0.136. The van der Waals surface area contributed by atoms with Gasteiger partial charge in [0.1, 0.15) is 12.4 Å². The van der Waals surface area contributed by atoms with Crippen LogP contribution in [0.1, 0.15) is 11.1 Å². The van der Waals surface area contributed by atoms with E-state index in [0.717, 1.165) is 5.56 Å². The molecule has 2 unspecified atom stereocenters. The molecule has 0 aliphatic rings. The van der Waals surface area contributed by atoms with Gasteiger partial charge in [-0.25, -0.2) is 4.79 Å². The van der Waals surface area contributed by atoms with Crippen molar-refractivity contribution in [1.82, 2.24) is 5.32 Å². The van der Waals surface area contributed by atoms with Crippen molar-refractivity contribution in [3.63, 3.8) is 0 Å². The van der Waals surface area contributed by atoms with Crippen LogP contribution >= 0.6 is 7.37 Å². The molecule has 3 rings (SSSR count). The Morgan fingerprint density at radius 3 is 2.13 bits per heavy atom. The normalized spacial score (nSPS) is 13.6. The lowest BCUT2D eigenvalue weighted by Gasteiger charge is -2.24. The second-order valence-corrected chi connectivity index (χ2v) is 9.19. The number of nitro benzene ring substituents is 1. The topological polar surface area (TPSA) is 119 Å². The molecule has 1 amide bonds. The Kier molecular flexibility index (Phi) is 7.18. The molecule has 3 aromatic carbocycles. The van der Waals surface area contributed by atoms with Crippen LogP contribution in [-0.4, -0.2) is 21.7 Å². The molecule has 0 aliphatic heterocycles. The highest BCUT2D eigenvalue weighted by molar-refractivity contribution is 7.66. The number of nitrogens with one attached hydrogen (secondary N) is 1. The second-order valence-electron chi connectivity index (χ2n) is 6.81. The minimum absolute atomic E-state index is 0.0119. The number of ether oxygens (including phenoxy) is 1. The number of hydrogen-bond acceptors (Lipinski definition) is 5. The van der Waals surface area contributed by atoms with Gasteiger partial charge in [-0.05, 0) is 23.3 Å². The average molecular weight is 440 g/mol. The fourth-order valence-electron chi connectivity index (χ4n) is 2.96. The number of hydrogen-bond donors (Lipinski definition) is 2. The number of carbonyl (C=O) groups is 1. The number of nitro groups is 1. The summed E-state index contributed by atoms with van der Waals surface area (Å²) in [5.74, 6) is -1.18. The van der Waals surface area contributed by atoms with Gasteiger partial charge in [-0.2, -0.15) is 0 Å². The molecule has 0 fully saturated rings. The van der Waals surface area contributed by atoms with Crippen molar-refractivity contribution in [2.24, 2.45) is 0 Å². The first-order chi connectivity index (χ1) is 14.9. The molecule has 9 heteroatoms. The Morgan fingerprint density at radius 1 is 0.968 bits per heavy atom. The van der Waals surface area contributed by atoms with Crippen LogP contribution in [-0.2, 0) is 22.3 Å². The number of amides is 1. The number of non-ortho nitro benzene ring substituents is 1. The molecule has 0 aliphatic carbocycles. The summed E-state index contributed by atoms with van der Waals surface area (Å²) < 4.78 is 18.5. The number of carbonyl (C=O) groups excluding carboxylic acids is 1. The van der Waals surface area contributed by atoms with Crippen LogP contribution in [0.5, 0.6) is 0 Å². The summed E-state index contributed by atoms with van der Waals surface area (Å²) in [6.45, 7) is 0.0119. The van der Waals surface area contributed by atoms with E-state index in [0.29, 0.717) is 5.56 Å². The molecule has 0 aromatic heterocycles. The third-order valence-electron chi connectivity index (χ3n) is 4.62. The van der Waals surface area contributed by atoms with Gasteiger partial charge in [-0.1, -0.05) is 60.7 Å². The standard InChI is InChI=1S/C22H21N2O6P/c25-22(30-16-18-7-3-1-4-8-18)23-21(31(28,29)20-9-5-2-6-10-20)15-17-11-13-19(14-12-17)24(26)27/h1-14,21H,15-16H2,(H,23,25)(H,28,29). The summed E-state index contributed by atoms with van der Waals surface area (Å²) in [6.07, 6.45) is -0.845. The molecular formula is C22H21N2O6P. The van der Waals surface area contributed by atoms with Crippen LogP contribution in [0.3, 0.4) is 0 Å². The summed E-state index contributed by atoms with van der Waals surface area (Å²) in [5, 5.41) is 13.5. The van der Waals surface area contributed by atoms with Crippen molar-refractivity contribution in [3.05, 3.63) is 106 Å². The molecule has 0 bridgehead atoms. The molecule has 160 valence electrons. The first kappa shape index (κ1) is 22.2. The smallest absolute Gasteiger partial charge is 0.408 e. The molecule has 2 atom stereocenters. The van der Waals surface area contributed by atoms with Crippen molar-refractivity contribution >= 4 is 24.5 Å². The lowest BCUT2D eigenvalue weighted by Crippen LogP contribution is -2.39. The molecule has 2 N–H and O–H groups in total. The summed E-state index contributed by atoms with van der Waals surface area (Å²) in [4.78, 5) is 33.6. The summed E-state index contributed by atoms with van der Waals surface area (Å²) >= 11 is 0. The van der Waals surface area contributed by atoms with Gasteiger partial charge in [0.15, 0.2) is 0 Å². The zero-order valence-corrected chi connectivity index (χ0v) is 17.4. The van der Waals surface area contributed by atoms with E-state index in [2.05, 4.69) is 5.32 Å². The molecular weight excluding hydrogens is 419 g/mol. The Hall–Kier alpha value is -3.48. The lowest BCUT2D eigenvalue weighted by molar-refractivity contribution is -0.384. The summed E-state index contributed by atoms with van der Waals surface area (Å²) in [5.41, 5.74) is 1.25. The number of benzene rings is 3. The molecule has 0 radical (unpaired) electrons. The highest BCUT2D eigenvalue weighted by Crippen LogP contribution is 2.45. The molecule has 31 heavy (non-hydrogen) atoms. The monoisotopic (exact) mass is 440 g/mol. The first-order valence-electron chi connectivity index (χ1n) is 9.45. The minimum atomic E-state index is -4.05. The van der Waals surface area contributed by atoms with E-state index in [1.807, 2.05) is 18.2 Å². The third kappa shape index (κ3) is 6.01. The number of rotatable bonds is 8. The summed E-state index contributed by atoms with van der Waals surface area (Å²) in [6, 6.07) is 22.7. The maximum absolute atomic E-state index is 13.3. The zero-order chi connectivity index (χ0) is 22.3. The van der Waals surface area contributed by atoms with Crippen molar-refractivity contribution in [2.75, 3.05) is 0 Å². The predicted octanol–water partition coefficient (Wildman–Crippen LogP) is 3.99. The van der Waals surface area contributed by atoms with Gasteiger partial charge in [0.05, 0.1) is 4.92 Å². The molecule has 0 saturated carbocycles. The molecule has 8 nitrogen and oxygen atoms in total. The van der Waals surface area contributed by atoms with Crippen molar-refractivity contribution in [3.8, 4) is 0 Å². The maximum atomic E-state index is 13.3. The molecule has 0 heterocycles. The Morgan fingerprint density at radius 2 is 1.55 bits per heavy atom. The Balaban J connectivity index is 1.79. The third-order valence-corrected chi connectivity index (χ3v) is 6.82. The SMILES string of the molecule is O=C(NC(Cc1ccc([N+](=O)[O-])cc1)P(=O)(O)c1ccccc1)OCc1ccccc1. The Labute approximate surface area is 179 Å². The van der Waals surface area contributed by atoms with E-state index in [4.69, 9.17) is 4.74 Å². The van der Waals surface area contributed by atoms with Crippen LogP contribution in [0.15, 0.2) is 84.9 Å². The van der Waals surface area contributed by atoms with Gasteiger partial charge in [0.25, 0.3) is 13.1 Å². The lowest BCUT2D eigenvalue weighted by atomic mass is 10.1. The van der Waals surface area contributed by atoms with Gasteiger partial charge in [0, 0.05) is 23.9 Å². The average Bonchev–Trinajstić information content (AvgIpc) is 2.79. The van der Waals surface area contributed by atoms with Crippen LogP contribution < -0.4 is 10.6 Å². The van der Waals surface area contributed by atoms with Gasteiger partial charge in [-0.3, -0.25) is 14.7 Å². The largest absolute Gasteiger partial charge is 0.445 e. The highest BCUT2D eigenvalue weighted by atomic mass is 31.2. The van der Waals surface area contributed by atoms with E-state index in [9.17, 15) is 24.4 Å². The quantitative estimate of drug-likeness (QED) is 0.311. The number of alkyl carbamates (subject to hydrolysis) is 1. The van der Waals surface area contributed by atoms with Gasteiger partial charge >= 0.3 is 6.09 Å². The van der Waals surface area contributed by atoms with Gasteiger partial charge in [-0.15, -0.1) is 0 Å². The van der Waals surface area contributed by atoms with E-state index >= 15 is 0 Å². The number of nitrogens with zero attached hydrogens (tertiary/aromatic N) is 1. The van der Waals surface area contributed by atoms with Gasteiger partial charge in [0.2, 0.25) is 0 Å². The Bertz CT molecular complexity index is 1070. The molecule has 3 aromatic rings. The van der Waals surface area contributed by atoms with E-state index in [-0.39, 0.29) is 24.0 Å². The highest BCUT2D eigenvalue weighted by Gasteiger charge is 2.34. The van der Waals surface area contributed by atoms with Crippen molar-refractivity contribution in [1.29, 1.82) is 0 Å².